The van der Waals surface area contributed by atoms with Crippen LogP contribution in [-0.4, -0.2) is 107 Å². The quantitative estimate of drug-likeness (QED) is 0.0690. The molecule has 0 saturated heterocycles. The molecule has 12 rings (SSSR count). The average molecular weight is 1600 g/mol. The molecule has 0 radical (unpaired) electrons. The number of hydrogen-bond donors (Lipinski definition) is 2. The Kier molecular flexibility index (Phi) is 31.1. The second-order valence-electron chi connectivity index (χ2n) is 27.1. The van der Waals surface area contributed by atoms with E-state index >= 15 is 0 Å². The first-order valence-corrected chi connectivity index (χ1v) is 34.0. The third kappa shape index (κ3) is 23.1. The molecule has 9 heterocycles. The van der Waals surface area contributed by atoms with Crippen molar-refractivity contribution >= 4 is 79.3 Å². The normalized spacial score (nSPS) is 11.2. The third-order valence-corrected chi connectivity index (χ3v) is 15.0. The minimum atomic E-state index is -5.08. The predicted octanol–water partition coefficient (Wildman–Crippen LogP) is 14.3. The largest absolute Gasteiger partial charge is 1.00 e. The van der Waals surface area contributed by atoms with Crippen LogP contribution < -0.4 is 56.5 Å². The number of fused-ring (bicyclic) bond motifs is 3. The summed E-state index contributed by atoms with van der Waals surface area (Å²) in [5, 5.41) is 5.14. The van der Waals surface area contributed by atoms with Gasteiger partial charge in [0.1, 0.15) is 75.2 Å². The number of oxazole rings is 3. The SMILES string of the molecule is C.C.C.CC(C)(C)OC(=O)N(Cc1c(-c2ncco2)n(-c2ccccc2)c2ncccc2c1=O)C(=O)OC(C)(C)C.CC(C)(C)OC(=O)NC(=O)OC(C)(C)C.O=C(NCc1c(-c2ncco2)n(-c2ccccc2)c2ncccc2c1=O)C(F)(F)F.O=c1c(CBr)c(-c2ncco2)n(-c2ccccc2)c2ncccc12.[H-].[Na+]. The Hall–Kier alpha value is -11.4. The number of nitrogens with one attached hydrogen (secondary N) is 2. The molecule has 0 unspecified atom stereocenters. The number of para-hydroxylation sites is 3. The van der Waals surface area contributed by atoms with E-state index in [0.717, 1.165) is 10.6 Å². The molecule has 0 aliphatic carbocycles. The van der Waals surface area contributed by atoms with Crippen molar-refractivity contribution in [3.05, 3.63) is 231 Å². The summed E-state index contributed by atoms with van der Waals surface area (Å²) in [6.45, 7) is 19.2. The number of rotatable bonds is 11. The summed E-state index contributed by atoms with van der Waals surface area (Å²) in [5.41, 5.74) is 0.691. The molecule has 12 aromatic rings. The van der Waals surface area contributed by atoms with Crippen LogP contribution in [0.25, 0.3) is 84.9 Å². The van der Waals surface area contributed by atoms with Gasteiger partial charge in [0.15, 0.2) is 16.3 Å². The molecule has 5 amide bonds. The first kappa shape index (κ1) is 90.2. The summed E-state index contributed by atoms with van der Waals surface area (Å²) in [5.74, 6) is -1.66. The molecule has 0 saturated carbocycles. The standard InChI is InChI=1S/C28H30N4O6.C20H13F3N4O3.C18H12BrN3O2.C10H19NO4.3CH4.Na.H/c1-27(2,3)37-25(34)31(26(35)38-28(4,5)6)17-20-21(24-30-15-16-36-24)32(18-11-8-7-9-12-18)23-19(22(20)33)13-10-14-29-23;21-20(22,23)19(29)26-11-14-15(18-25-9-10-30-18)27(12-5-2-1-3-6-12)17-13(16(14)28)7-4-8-24-17;19-11-14-15(18-21-9-10-24-18)22(12-5-2-1-3-6-12)17-13(16(14)23)7-4-8-20-17;1-9(2,3)14-7(12)11-8(13)15-10(4,5)6;;;;;/h7-16H,17H2,1-6H3;1-10H,11H2,(H,26,29);1-10H,11H2;1-6H3,(H,11,12,13);3*1H4;;/q;;;;;;;+1;-1. The van der Waals surface area contributed by atoms with Crippen LogP contribution in [0.15, 0.2) is 211 Å². The van der Waals surface area contributed by atoms with Crippen molar-refractivity contribution in [1.29, 1.82) is 0 Å². The molecule has 111 heavy (non-hydrogen) atoms. The minimum absolute atomic E-state index is 0. The molecule has 3 aromatic carbocycles. The van der Waals surface area contributed by atoms with E-state index in [2.05, 4.69) is 45.8 Å². The van der Waals surface area contributed by atoms with Crippen LogP contribution in [0.2, 0.25) is 0 Å². The molecular weight excluding hydrogens is 1520 g/mol. The molecule has 0 bridgehead atoms. The van der Waals surface area contributed by atoms with Gasteiger partial charge in [0.2, 0.25) is 17.7 Å². The fourth-order valence-corrected chi connectivity index (χ4v) is 10.9. The zero-order valence-corrected chi connectivity index (χ0v) is 64.6. The molecule has 582 valence electrons. The number of pyridine rings is 6. The summed E-state index contributed by atoms with van der Waals surface area (Å²) >= 11 is 3.43. The van der Waals surface area contributed by atoms with Gasteiger partial charge in [-0.1, -0.05) is 92.8 Å². The van der Waals surface area contributed by atoms with Crippen LogP contribution in [0.1, 0.15) is 123 Å². The number of nitrogens with zero attached hydrogens (tertiary/aromatic N) is 10. The molecule has 2 N–H and O–H groups in total. The summed E-state index contributed by atoms with van der Waals surface area (Å²) in [6, 6.07) is 37.6. The maximum Gasteiger partial charge on any atom is 1.00 e. The summed E-state index contributed by atoms with van der Waals surface area (Å²) in [4.78, 5) is 127. The minimum Gasteiger partial charge on any atom is -1.00 e. The van der Waals surface area contributed by atoms with E-state index in [9.17, 15) is 51.5 Å². The maximum absolute atomic E-state index is 13.9. The molecular formula is C79H87BrF3N12NaO15. The number of halogens is 4. The van der Waals surface area contributed by atoms with Crippen molar-refractivity contribution in [1.82, 2.24) is 59.1 Å². The van der Waals surface area contributed by atoms with Crippen molar-refractivity contribution in [3.8, 4) is 51.8 Å². The Morgan fingerprint density at radius 1 is 0.441 bits per heavy atom. The number of carbonyl (C=O) groups excluding carboxylic acids is 5. The molecule has 0 aliphatic rings. The van der Waals surface area contributed by atoms with E-state index in [4.69, 9.17) is 32.2 Å². The van der Waals surface area contributed by atoms with Crippen LogP contribution >= 0.6 is 15.9 Å². The van der Waals surface area contributed by atoms with E-state index in [1.54, 1.807) is 177 Å². The van der Waals surface area contributed by atoms with E-state index in [1.165, 1.54) is 43.4 Å². The Morgan fingerprint density at radius 2 is 0.748 bits per heavy atom. The van der Waals surface area contributed by atoms with Crippen molar-refractivity contribution < 1.29 is 100 Å². The second-order valence-corrected chi connectivity index (χ2v) is 27.7. The zero-order valence-electron chi connectivity index (χ0n) is 62.0. The van der Waals surface area contributed by atoms with Crippen LogP contribution in [0.3, 0.4) is 0 Å². The van der Waals surface area contributed by atoms with Gasteiger partial charge < -0.3 is 38.9 Å². The number of carbonyl (C=O) groups is 5. The molecule has 0 aliphatic heterocycles. The smallest absolute Gasteiger partial charge is 1.00 e. The molecule has 27 nitrogen and oxygen atoms in total. The monoisotopic (exact) mass is 1600 g/mol. The number of aromatic nitrogens is 9. The first-order valence-electron chi connectivity index (χ1n) is 32.8. The van der Waals surface area contributed by atoms with Crippen molar-refractivity contribution in [2.45, 2.75) is 152 Å². The van der Waals surface area contributed by atoms with Gasteiger partial charge in [0, 0.05) is 58.7 Å². The fraction of sp³-hybridized carbons (Fsp3) is 0.291. The molecule has 0 atom stereocenters. The third-order valence-electron chi connectivity index (χ3n) is 14.4. The number of imide groups is 2. The fourth-order valence-electron chi connectivity index (χ4n) is 10.4. The summed E-state index contributed by atoms with van der Waals surface area (Å²) in [7, 11) is 0. The average Bonchev–Trinajstić information content (AvgIpc) is 1.54. The molecule has 0 fully saturated rings. The molecule has 9 aromatic heterocycles. The Labute approximate surface area is 669 Å². The Balaban J connectivity index is 0.000000324. The van der Waals surface area contributed by atoms with Crippen LogP contribution in [0.5, 0.6) is 0 Å². The van der Waals surface area contributed by atoms with E-state index < -0.39 is 82.8 Å². The first-order chi connectivity index (χ1) is 50.5. The van der Waals surface area contributed by atoms with Crippen molar-refractivity contribution in [3.63, 3.8) is 0 Å². The van der Waals surface area contributed by atoms with Gasteiger partial charge in [-0.25, -0.2) is 59.3 Å². The van der Waals surface area contributed by atoms with Gasteiger partial charge in [0.25, 0.3) is 0 Å². The van der Waals surface area contributed by atoms with Crippen molar-refractivity contribution in [2.24, 2.45) is 0 Å². The zero-order chi connectivity index (χ0) is 77.8. The van der Waals surface area contributed by atoms with Crippen LogP contribution in [0.4, 0.5) is 32.3 Å². The summed E-state index contributed by atoms with van der Waals surface area (Å²) < 4.78 is 80.5. The van der Waals surface area contributed by atoms with E-state index in [0.29, 0.717) is 50.5 Å². The maximum atomic E-state index is 13.9. The second kappa shape index (κ2) is 38.3. The predicted molar refractivity (Wildman–Crippen MR) is 414 cm³/mol. The Bertz CT molecular complexity index is 5290. The number of amides is 5. The Morgan fingerprint density at radius 3 is 1.05 bits per heavy atom. The number of alkyl carbamates (subject to hydrolysis) is 2. The molecule has 0 spiro atoms. The van der Waals surface area contributed by atoms with Gasteiger partial charge in [0.05, 0.1) is 46.9 Å². The van der Waals surface area contributed by atoms with Gasteiger partial charge in [-0.3, -0.25) is 32.9 Å². The molecule has 32 heteroatoms. The number of hydrogen-bond acceptors (Lipinski definition) is 21. The van der Waals surface area contributed by atoms with Crippen LogP contribution in [-0.2, 0) is 42.2 Å². The van der Waals surface area contributed by atoms with Gasteiger partial charge in [-0.2, -0.15) is 13.2 Å². The van der Waals surface area contributed by atoms with Gasteiger partial charge in [-0.05, 0) is 156 Å². The van der Waals surface area contributed by atoms with Gasteiger partial charge >= 0.3 is 66.0 Å². The number of ether oxygens (including phenoxy) is 4. The van der Waals surface area contributed by atoms with Gasteiger partial charge in [-0.15, -0.1) is 0 Å². The summed E-state index contributed by atoms with van der Waals surface area (Å²) in [6.07, 6.45) is 4.63. The number of alkyl halides is 4. The van der Waals surface area contributed by atoms with Crippen molar-refractivity contribution in [2.75, 3.05) is 0 Å². The van der Waals surface area contributed by atoms with E-state index in [-0.39, 0.29) is 109 Å². The van der Waals surface area contributed by atoms with E-state index in [1.807, 2.05) is 70.5 Å². The topological polar surface area (TPSA) is 332 Å². The van der Waals surface area contributed by atoms with Crippen LogP contribution in [0, 0.1) is 0 Å². The number of benzene rings is 3.